The molecule has 1 atom stereocenters. The summed E-state index contributed by atoms with van der Waals surface area (Å²) < 4.78 is 5.19. The predicted molar refractivity (Wildman–Crippen MR) is 61.8 cm³/mol. The molecule has 0 aromatic heterocycles. The van der Waals surface area contributed by atoms with Crippen molar-refractivity contribution in [3.05, 3.63) is 35.9 Å². The molecule has 0 aliphatic heterocycles. The van der Waals surface area contributed by atoms with Crippen molar-refractivity contribution in [2.45, 2.75) is 12.6 Å². The molecule has 0 spiro atoms. The molecule has 1 rings (SSSR count). The smallest absolute Gasteiger partial charge is 0.328 e. The van der Waals surface area contributed by atoms with E-state index in [1.165, 1.54) is 0 Å². The van der Waals surface area contributed by atoms with E-state index < -0.39 is 17.8 Å². The van der Waals surface area contributed by atoms with Gasteiger partial charge in [0.2, 0.25) is 7.85 Å². The minimum atomic E-state index is -1.18. The Bertz CT molecular complexity index is 382. The van der Waals surface area contributed by atoms with Crippen molar-refractivity contribution in [2.24, 2.45) is 0 Å². The molecule has 5 nitrogen and oxygen atoms in total. The fourth-order valence-corrected chi connectivity index (χ4v) is 1.22. The standard InChI is InChI=1S/C11H12BNO4/c12-11(16)13-9(10(14)15)7-17-6-8-4-2-1-3-5-8/h1-5,9H,6-7H2,(H,13,16)(H,14,15)/t9-/m0/s1. The number of carboxylic acid groups (broad SMARTS) is 1. The second-order valence-electron chi connectivity index (χ2n) is 3.40. The van der Waals surface area contributed by atoms with E-state index in [4.69, 9.17) is 17.7 Å². The summed E-state index contributed by atoms with van der Waals surface area (Å²) >= 11 is 0. The Balaban J connectivity index is 2.37. The van der Waals surface area contributed by atoms with Crippen molar-refractivity contribution >= 4 is 19.6 Å². The number of rotatable bonds is 6. The van der Waals surface area contributed by atoms with Crippen molar-refractivity contribution in [2.75, 3.05) is 6.61 Å². The Morgan fingerprint density at radius 3 is 2.53 bits per heavy atom. The molecule has 0 heterocycles. The molecule has 1 aromatic carbocycles. The van der Waals surface area contributed by atoms with E-state index in [1.54, 1.807) is 0 Å². The van der Waals surface area contributed by atoms with Crippen molar-refractivity contribution in [3.8, 4) is 0 Å². The van der Waals surface area contributed by atoms with Gasteiger partial charge >= 0.3 is 5.97 Å². The van der Waals surface area contributed by atoms with E-state index in [0.717, 1.165) is 5.56 Å². The van der Waals surface area contributed by atoms with Crippen molar-refractivity contribution < 1.29 is 19.4 Å². The Kier molecular flexibility index (Phi) is 5.22. The average molecular weight is 233 g/mol. The number of aliphatic carboxylic acids is 1. The molecule has 6 heteroatoms. The lowest BCUT2D eigenvalue weighted by Crippen LogP contribution is -2.43. The molecule has 0 fully saturated rings. The number of carboxylic acids is 1. The quantitative estimate of drug-likeness (QED) is 0.703. The highest BCUT2D eigenvalue weighted by molar-refractivity contribution is 6.57. The number of carbonyl (C=O) groups is 2. The molecule has 0 unspecified atom stereocenters. The number of ether oxygens (including phenoxy) is 1. The average Bonchev–Trinajstić information content (AvgIpc) is 2.28. The number of benzene rings is 1. The molecule has 0 saturated carbocycles. The van der Waals surface area contributed by atoms with Gasteiger partial charge in [0.05, 0.1) is 13.2 Å². The van der Waals surface area contributed by atoms with Gasteiger partial charge in [0.15, 0.2) is 5.81 Å². The van der Waals surface area contributed by atoms with Crippen LogP contribution < -0.4 is 5.32 Å². The van der Waals surface area contributed by atoms with Crippen LogP contribution in [0.15, 0.2) is 30.3 Å². The summed E-state index contributed by atoms with van der Waals surface area (Å²) in [5, 5.41) is 10.8. The molecular weight excluding hydrogens is 221 g/mol. The Labute approximate surface area is 100 Å². The third-order valence-electron chi connectivity index (χ3n) is 2.01. The maximum absolute atomic E-state index is 10.7. The summed E-state index contributed by atoms with van der Waals surface area (Å²) in [5.41, 5.74) is 0.927. The minimum absolute atomic E-state index is 0.132. The molecule has 0 saturated heterocycles. The van der Waals surface area contributed by atoms with E-state index in [-0.39, 0.29) is 13.2 Å². The number of carbonyl (C=O) groups excluding carboxylic acids is 1. The summed E-state index contributed by atoms with van der Waals surface area (Å²) in [5.74, 6) is -2.07. The normalized spacial score (nSPS) is 11.8. The molecule has 0 aliphatic carbocycles. The molecule has 2 radical (unpaired) electrons. The molecule has 88 valence electrons. The van der Waals surface area contributed by atoms with Gasteiger partial charge in [-0.3, -0.25) is 4.79 Å². The lowest BCUT2D eigenvalue weighted by atomic mass is 10.1. The van der Waals surface area contributed by atoms with E-state index in [2.05, 4.69) is 5.32 Å². The fourth-order valence-electron chi connectivity index (χ4n) is 1.22. The van der Waals surface area contributed by atoms with Crippen LogP contribution in [0, 0.1) is 0 Å². The maximum Gasteiger partial charge on any atom is 0.328 e. The van der Waals surface area contributed by atoms with Crippen LogP contribution in [0.3, 0.4) is 0 Å². The van der Waals surface area contributed by atoms with Gasteiger partial charge < -0.3 is 15.2 Å². The number of hydrogen-bond donors (Lipinski definition) is 2. The van der Waals surface area contributed by atoms with Gasteiger partial charge in [-0.15, -0.1) is 0 Å². The zero-order valence-corrected chi connectivity index (χ0v) is 9.13. The van der Waals surface area contributed by atoms with Gasteiger partial charge in [-0.2, -0.15) is 0 Å². The first-order valence-corrected chi connectivity index (χ1v) is 5.00. The van der Waals surface area contributed by atoms with Gasteiger partial charge in [-0.1, -0.05) is 30.3 Å². The van der Waals surface area contributed by atoms with E-state index in [1.807, 2.05) is 30.3 Å². The first-order valence-electron chi connectivity index (χ1n) is 5.00. The Morgan fingerprint density at radius 2 is 2.00 bits per heavy atom. The van der Waals surface area contributed by atoms with Crippen LogP contribution in [0.1, 0.15) is 5.56 Å². The van der Waals surface area contributed by atoms with Crippen LogP contribution in [-0.2, 0) is 16.1 Å². The second kappa shape index (κ2) is 6.70. The summed E-state index contributed by atoms with van der Waals surface area (Å²) in [6.07, 6.45) is 0. The molecule has 17 heavy (non-hydrogen) atoms. The first kappa shape index (κ1) is 13.3. The van der Waals surface area contributed by atoms with Gasteiger partial charge in [0.1, 0.15) is 6.04 Å². The SMILES string of the molecule is [B]C(=O)N[C@@H](COCc1ccccc1)C(=O)O. The van der Waals surface area contributed by atoms with Gasteiger partial charge in [0, 0.05) is 0 Å². The summed E-state index contributed by atoms with van der Waals surface area (Å²) in [6.45, 7) is 0.151. The molecule has 1 aromatic rings. The lowest BCUT2D eigenvalue weighted by molar-refractivity contribution is -0.140. The van der Waals surface area contributed by atoms with Crippen molar-refractivity contribution in [3.63, 3.8) is 0 Å². The molecule has 1 amide bonds. The molecule has 0 bridgehead atoms. The van der Waals surface area contributed by atoms with Crippen LogP contribution in [0.2, 0.25) is 0 Å². The summed E-state index contributed by atoms with van der Waals surface area (Å²) in [7, 11) is 4.85. The van der Waals surface area contributed by atoms with Crippen molar-refractivity contribution in [1.82, 2.24) is 5.32 Å². The van der Waals surface area contributed by atoms with Crippen LogP contribution in [0.4, 0.5) is 4.79 Å². The zero-order chi connectivity index (χ0) is 12.7. The Hall–Kier alpha value is -1.82. The molecule has 0 aliphatic rings. The predicted octanol–water partition coefficient (Wildman–Crippen LogP) is 0.534. The van der Waals surface area contributed by atoms with E-state index in [9.17, 15) is 9.59 Å². The van der Waals surface area contributed by atoms with Gasteiger partial charge in [-0.25, -0.2) is 4.79 Å². The Morgan fingerprint density at radius 1 is 1.35 bits per heavy atom. The van der Waals surface area contributed by atoms with Crippen LogP contribution in [0.25, 0.3) is 0 Å². The van der Waals surface area contributed by atoms with Crippen molar-refractivity contribution in [1.29, 1.82) is 0 Å². The number of hydrogen-bond acceptors (Lipinski definition) is 3. The molecular formula is C11H12BNO4. The van der Waals surface area contributed by atoms with E-state index in [0.29, 0.717) is 0 Å². The maximum atomic E-state index is 10.7. The third-order valence-corrected chi connectivity index (χ3v) is 2.01. The fraction of sp³-hybridized carbons (Fsp3) is 0.273. The van der Waals surface area contributed by atoms with E-state index >= 15 is 0 Å². The lowest BCUT2D eigenvalue weighted by Gasteiger charge is -2.13. The highest BCUT2D eigenvalue weighted by atomic mass is 16.5. The highest BCUT2D eigenvalue weighted by Gasteiger charge is 2.17. The number of amides is 1. The summed E-state index contributed by atoms with van der Waals surface area (Å²) in [6, 6.07) is 8.17. The van der Waals surface area contributed by atoms with Crippen LogP contribution in [0.5, 0.6) is 0 Å². The van der Waals surface area contributed by atoms with Crippen LogP contribution in [-0.4, -0.2) is 37.4 Å². The van der Waals surface area contributed by atoms with Crippen LogP contribution >= 0.6 is 0 Å². The topological polar surface area (TPSA) is 75.6 Å². The monoisotopic (exact) mass is 233 g/mol. The first-order chi connectivity index (χ1) is 8.09. The zero-order valence-electron chi connectivity index (χ0n) is 9.13. The second-order valence-corrected chi connectivity index (χ2v) is 3.40. The van der Waals surface area contributed by atoms with Gasteiger partial charge in [-0.05, 0) is 5.56 Å². The largest absolute Gasteiger partial charge is 0.480 e. The summed E-state index contributed by atoms with van der Waals surface area (Å²) in [4.78, 5) is 21.3. The minimum Gasteiger partial charge on any atom is -0.480 e. The highest BCUT2D eigenvalue weighted by Crippen LogP contribution is 2.01. The number of nitrogens with one attached hydrogen (secondary N) is 1. The van der Waals surface area contributed by atoms with Gasteiger partial charge in [0.25, 0.3) is 0 Å². The molecule has 2 N–H and O–H groups in total. The third kappa shape index (κ3) is 5.17.